The average molecular weight is 499 g/mol. The van der Waals surface area contributed by atoms with Crippen molar-refractivity contribution in [1.82, 2.24) is 9.97 Å². The van der Waals surface area contributed by atoms with Crippen LogP contribution in [0.25, 0.3) is 0 Å². The number of carboxylic acid groups (broad SMARTS) is 1. The molecule has 2 unspecified atom stereocenters. The molecule has 0 bridgehead atoms. The smallest absolute Gasteiger partial charge is 0.430 e. The average Bonchev–Trinajstić information content (AvgIpc) is 2.79. The molecule has 0 saturated heterocycles. The van der Waals surface area contributed by atoms with Gasteiger partial charge in [-0.2, -0.15) is 13.2 Å². The molecule has 182 valence electrons. The molecular formula is C20H19F4N6O3S-. The summed E-state index contributed by atoms with van der Waals surface area (Å²) in [5.41, 5.74) is 12.7. The molecule has 3 rings (SSSR count). The SMILES string of the molecule is NC(=S)c1ccc(C(=O)Nc2cccc(C3CCC(N)=NC3CF)n2)nc1.O=C([O-])C(F)(F)F. The van der Waals surface area contributed by atoms with Gasteiger partial charge in [-0.1, -0.05) is 18.3 Å². The number of rotatable bonds is 5. The molecule has 3 heterocycles. The van der Waals surface area contributed by atoms with Gasteiger partial charge in [-0.25, -0.2) is 9.37 Å². The summed E-state index contributed by atoms with van der Waals surface area (Å²) in [7, 11) is 0. The van der Waals surface area contributed by atoms with Crippen LogP contribution in [0.5, 0.6) is 0 Å². The fourth-order valence-corrected chi connectivity index (χ4v) is 3.05. The van der Waals surface area contributed by atoms with Crippen LogP contribution in [0.2, 0.25) is 0 Å². The maximum absolute atomic E-state index is 13.3. The van der Waals surface area contributed by atoms with E-state index >= 15 is 0 Å². The van der Waals surface area contributed by atoms with Crippen molar-refractivity contribution in [2.45, 2.75) is 31.0 Å². The summed E-state index contributed by atoms with van der Waals surface area (Å²) in [6.45, 7) is -0.608. The number of hydrogen-bond donors (Lipinski definition) is 3. The fourth-order valence-electron chi connectivity index (χ4n) is 2.93. The summed E-state index contributed by atoms with van der Waals surface area (Å²) in [6.07, 6.45) is -2.49. The number of aliphatic imine (C=N–C) groups is 1. The first-order valence-electron chi connectivity index (χ1n) is 9.62. The Hall–Kier alpha value is -3.68. The lowest BCUT2D eigenvalue weighted by molar-refractivity contribution is -0.344. The Kier molecular flexibility index (Phi) is 8.95. The Morgan fingerprint density at radius 3 is 2.44 bits per heavy atom. The Labute approximate surface area is 196 Å². The largest absolute Gasteiger partial charge is 0.542 e. The third-order valence-corrected chi connectivity index (χ3v) is 4.81. The third-order valence-electron chi connectivity index (χ3n) is 4.57. The van der Waals surface area contributed by atoms with Gasteiger partial charge < -0.3 is 26.7 Å². The highest BCUT2D eigenvalue weighted by Gasteiger charge is 2.29. The van der Waals surface area contributed by atoms with Crippen LogP contribution < -0.4 is 21.9 Å². The second-order valence-electron chi connectivity index (χ2n) is 6.97. The highest BCUT2D eigenvalue weighted by atomic mass is 32.1. The molecule has 0 aliphatic carbocycles. The van der Waals surface area contributed by atoms with E-state index in [2.05, 4.69) is 20.3 Å². The van der Waals surface area contributed by atoms with Crippen molar-refractivity contribution in [3.8, 4) is 0 Å². The van der Waals surface area contributed by atoms with Crippen LogP contribution in [0.15, 0.2) is 41.5 Å². The van der Waals surface area contributed by atoms with Crippen molar-refractivity contribution in [2.24, 2.45) is 16.5 Å². The molecule has 0 spiro atoms. The van der Waals surface area contributed by atoms with Gasteiger partial charge in [0.25, 0.3) is 5.91 Å². The summed E-state index contributed by atoms with van der Waals surface area (Å²) < 4.78 is 44.9. The number of hydrogen-bond acceptors (Lipinski definition) is 8. The number of anilines is 1. The van der Waals surface area contributed by atoms with Crippen molar-refractivity contribution < 1.29 is 32.3 Å². The zero-order chi connectivity index (χ0) is 25.5. The van der Waals surface area contributed by atoms with Gasteiger partial charge in [0.05, 0.1) is 11.9 Å². The molecule has 9 nitrogen and oxygen atoms in total. The molecule has 2 aromatic heterocycles. The second-order valence-corrected chi connectivity index (χ2v) is 7.41. The van der Waals surface area contributed by atoms with Gasteiger partial charge in [-0.05, 0) is 30.7 Å². The predicted octanol–water partition coefficient (Wildman–Crippen LogP) is 1.23. The Morgan fingerprint density at radius 2 is 1.91 bits per heavy atom. The van der Waals surface area contributed by atoms with E-state index in [1.54, 1.807) is 24.3 Å². The highest BCUT2D eigenvalue weighted by Crippen LogP contribution is 2.30. The first kappa shape index (κ1) is 26.6. The lowest BCUT2D eigenvalue weighted by Crippen LogP contribution is -2.37. The van der Waals surface area contributed by atoms with Crippen molar-refractivity contribution in [1.29, 1.82) is 0 Å². The van der Waals surface area contributed by atoms with Gasteiger partial charge in [0.2, 0.25) is 0 Å². The van der Waals surface area contributed by atoms with Gasteiger partial charge in [0.1, 0.15) is 29.1 Å². The molecule has 1 amide bonds. The van der Waals surface area contributed by atoms with E-state index in [9.17, 15) is 22.4 Å². The van der Waals surface area contributed by atoms with Gasteiger partial charge in [-0.3, -0.25) is 14.8 Å². The van der Waals surface area contributed by atoms with Crippen LogP contribution in [0, 0.1) is 0 Å². The lowest BCUT2D eigenvalue weighted by atomic mass is 9.89. The van der Waals surface area contributed by atoms with Crippen molar-refractivity contribution in [3.05, 3.63) is 53.5 Å². The number of carbonyl (C=O) groups excluding carboxylic acids is 2. The summed E-state index contributed by atoms with van der Waals surface area (Å²) in [4.78, 5) is 34.1. The number of nitrogens with two attached hydrogens (primary N) is 2. The minimum absolute atomic E-state index is 0.179. The number of halogens is 4. The number of nitrogens with one attached hydrogen (secondary N) is 1. The van der Waals surface area contributed by atoms with E-state index < -0.39 is 30.8 Å². The summed E-state index contributed by atoms with van der Waals surface area (Å²) in [5.74, 6) is -2.78. The number of nitrogens with zero attached hydrogens (tertiary/aromatic N) is 3. The number of pyridine rings is 2. The van der Waals surface area contributed by atoms with E-state index in [-0.39, 0.29) is 16.6 Å². The number of amides is 1. The standard InChI is InChI=1S/C18H19FN6OS.C2HF3O2/c19-8-14-11(5-7-15(20)23-14)12-2-1-3-16(24-12)25-18(26)13-6-4-10(9-22-13)17(21)27;3-2(4,5)1(6)7/h1-4,6,9,11,14H,5,7-8H2,(H2,20,23)(H2,21,27)(H,24,25,26);(H,6,7)/p-1. The molecule has 0 saturated carbocycles. The number of aliphatic carboxylic acids is 1. The Bertz CT molecular complexity index is 1080. The van der Waals surface area contributed by atoms with Crippen molar-refractivity contribution in [2.75, 3.05) is 12.0 Å². The zero-order valence-electron chi connectivity index (χ0n) is 17.4. The number of aromatic nitrogens is 2. The number of thiocarbonyl (C=S) groups is 1. The first-order valence-corrected chi connectivity index (χ1v) is 10.0. The molecule has 2 atom stereocenters. The Morgan fingerprint density at radius 1 is 1.24 bits per heavy atom. The fraction of sp³-hybridized carbons (Fsp3) is 0.300. The quantitative estimate of drug-likeness (QED) is 0.409. The minimum atomic E-state index is -5.19. The molecule has 1 aliphatic rings. The van der Waals surface area contributed by atoms with Gasteiger partial charge in [-0.15, -0.1) is 0 Å². The second kappa shape index (κ2) is 11.4. The van der Waals surface area contributed by atoms with E-state index in [0.29, 0.717) is 35.8 Å². The number of carboxylic acids is 1. The van der Waals surface area contributed by atoms with E-state index in [1.165, 1.54) is 12.3 Å². The topological polar surface area (TPSA) is 159 Å². The molecule has 1 aliphatic heterocycles. The molecule has 5 N–H and O–H groups in total. The summed E-state index contributed by atoms with van der Waals surface area (Å²) in [6, 6.07) is 7.84. The number of alkyl halides is 4. The van der Waals surface area contributed by atoms with E-state index in [0.717, 1.165) is 0 Å². The molecule has 0 radical (unpaired) electrons. The first-order chi connectivity index (χ1) is 15.9. The molecule has 0 fully saturated rings. The predicted molar refractivity (Wildman–Crippen MR) is 117 cm³/mol. The molecule has 0 aromatic carbocycles. The third kappa shape index (κ3) is 7.43. The van der Waals surface area contributed by atoms with Crippen LogP contribution in [-0.4, -0.2) is 51.6 Å². The lowest BCUT2D eigenvalue weighted by Gasteiger charge is -2.26. The Balaban J connectivity index is 0.000000509. The van der Waals surface area contributed by atoms with Crippen LogP contribution >= 0.6 is 12.2 Å². The van der Waals surface area contributed by atoms with Gasteiger partial charge in [0.15, 0.2) is 0 Å². The molecular weight excluding hydrogens is 480 g/mol. The van der Waals surface area contributed by atoms with Gasteiger partial charge in [0, 0.05) is 29.8 Å². The van der Waals surface area contributed by atoms with Crippen LogP contribution in [-0.2, 0) is 4.79 Å². The zero-order valence-corrected chi connectivity index (χ0v) is 18.2. The molecule has 14 heteroatoms. The molecule has 2 aromatic rings. The van der Waals surface area contributed by atoms with Crippen molar-refractivity contribution in [3.63, 3.8) is 0 Å². The van der Waals surface area contributed by atoms with Gasteiger partial charge >= 0.3 is 6.18 Å². The van der Waals surface area contributed by atoms with Crippen LogP contribution in [0.1, 0.15) is 40.5 Å². The highest BCUT2D eigenvalue weighted by molar-refractivity contribution is 7.80. The number of carbonyl (C=O) groups is 2. The van der Waals surface area contributed by atoms with Crippen molar-refractivity contribution >= 4 is 40.7 Å². The molecule has 34 heavy (non-hydrogen) atoms. The minimum Gasteiger partial charge on any atom is -0.542 e. The monoisotopic (exact) mass is 499 g/mol. The summed E-state index contributed by atoms with van der Waals surface area (Å²) in [5, 5.41) is 11.5. The normalized spacial score (nSPS) is 17.6. The van der Waals surface area contributed by atoms with Crippen LogP contribution in [0.4, 0.5) is 23.4 Å². The van der Waals surface area contributed by atoms with E-state index in [1.807, 2.05) is 0 Å². The summed E-state index contributed by atoms with van der Waals surface area (Å²) >= 11 is 4.86. The van der Waals surface area contributed by atoms with E-state index in [4.69, 9.17) is 33.6 Å². The van der Waals surface area contributed by atoms with Crippen LogP contribution in [0.3, 0.4) is 0 Å². The maximum Gasteiger partial charge on any atom is 0.430 e. The number of amidine groups is 1. The maximum atomic E-state index is 13.3.